The van der Waals surface area contributed by atoms with E-state index < -0.39 is 11.7 Å². The van der Waals surface area contributed by atoms with Gasteiger partial charge in [0, 0.05) is 42.1 Å². The number of nitrogens with one attached hydrogen (secondary N) is 1. The number of carbonyl (C=O) groups is 2. The van der Waals surface area contributed by atoms with Gasteiger partial charge in [0.05, 0.1) is 36.2 Å². The number of benzene rings is 3. The number of Topliss-reactive ketones (excluding diaryl/α,β-unsaturated/α-hetero) is 1. The van der Waals surface area contributed by atoms with Gasteiger partial charge in [0.25, 0.3) is 11.7 Å². The minimum atomic E-state index is -0.783. The third kappa shape index (κ3) is 6.30. The molecule has 5 rings (SSSR count). The van der Waals surface area contributed by atoms with Crippen molar-refractivity contribution >= 4 is 28.3 Å². The summed E-state index contributed by atoms with van der Waals surface area (Å²) in [5.74, 6) is -0.446. The lowest BCUT2D eigenvalue weighted by Crippen LogP contribution is -2.38. The summed E-state index contributed by atoms with van der Waals surface area (Å²) in [5, 5.41) is 18.2. The minimum absolute atomic E-state index is 0.284. The molecular formula is C32H33N5O4. The molecule has 0 saturated carbocycles. The Kier molecular flexibility index (Phi) is 8.15. The quantitative estimate of drug-likeness (QED) is 0.249. The van der Waals surface area contributed by atoms with E-state index in [2.05, 4.69) is 16.3 Å². The number of ketones is 1. The van der Waals surface area contributed by atoms with Crippen LogP contribution in [0.3, 0.4) is 0 Å². The van der Waals surface area contributed by atoms with Crippen LogP contribution in [0.15, 0.2) is 66.7 Å². The Balaban J connectivity index is 1.39. The number of rotatable bonds is 8. The van der Waals surface area contributed by atoms with Crippen LogP contribution >= 0.6 is 0 Å². The highest BCUT2D eigenvalue weighted by molar-refractivity contribution is 6.48. The van der Waals surface area contributed by atoms with E-state index in [9.17, 15) is 14.9 Å². The number of amides is 1. The van der Waals surface area contributed by atoms with Crippen LogP contribution in [-0.2, 0) is 14.9 Å². The highest BCUT2D eigenvalue weighted by Gasteiger charge is 2.25. The van der Waals surface area contributed by atoms with Gasteiger partial charge in [-0.05, 0) is 35.7 Å². The van der Waals surface area contributed by atoms with Gasteiger partial charge in [0.1, 0.15) is 18.2 Å². The van der Waals surface area contributed by atoms with Gasteiger partial charge in [0.15, 0.2) is 0 Å². The van der Waals surface area contributed by atoms with Crippen LogP contribution in [-0.4, -0.2) is 65.8 Å². The zero-order valence-corrected chi connectivity index (χ0v) is 23.5. The summed E-state index contributed by atoms with van der Waals surface area (Å²) < 4.78 is 13.1. The summed E-state index contributed by atoms with van der Waals surface area (Å²) in [5.41, 5.74) is 1.77. The molecule has 0 bridgehead atoms. The lowest BCUT2D eigenvalue weighted by molar-refractivity contribution is -0.112. The van der Waals surface area contributed by atoms with Crippen molar-refractivity contribution in [1.82, 2.24) is 14.7 Å². The lowest BCUT2D eigenvalue weighted by atomic mass is 9.92. The molecule has 1 N–H and O–H groups in total. The molecule has 1 aromatic heterocycles. The Labute approximate surface area is 239 Å². The third-order valence-electron chi connectivity index (χ3n) is 7.04. The number of aromatic nitrogens is 2. The van der Waals surface area contributed by atoms with Crippen LogP contribution < -0.4 is 10.1 Å². The van der Waals surface area contributed by atoms with Crippen molar-refractivity contribution in [3.8, 4) is 17.5 Å². The average Bonchev–Trinajstić information content (AvgIpc) is 3.42. The molecule has 210 valence electrons. The maximum atomic E-state index is 13.5. The smallest absolute Gasteiger partial charge is 0.297 e. The fourth-order valence-corrected chi connectivity index (χ4v) is 4.74. The predicted octanol–water partition coefficient (Wildman–Crippen LogP) is 4.73. The first-order valence-corrected chi connectivity index (χ1v) is 13.7. The fraction of sp³-hybridized carbons (Fsp3) is 0.312. The number of nitrogens with zero attached hydrogens (tertiary/aromatic N) is 4. The van der Waals surface area contributed by atoms with Gasteiger partial charge in [-0.15, -0.1) is 0 Å². The largest absolute Gasteiger partial charge is 0.492 e. The number of carbonyl (C=O) groups excluding carboxylic acids is 2. The topological polar surface area (TPSA) is 109 Å². The number of hydrogen-bond donors (Lipinski definition) is 1. The second kappa shape index (κ2) is 11.9. The second-order valence-corrected chi connectivity index (χ2v) is 11.0. The van der Waals surface area contributed by atoms with Gasteiger partial charge < -0.3 is 14.8 Å². The van der Waals surface area contributed by atoms with E-state index in [1.807, 2.05) is 45.0 Å². The molecule has 9 nitrogen and oxygen atoms in total. The summed E-state index contributed by atoms with van der Waals surface area (Å²) in [7, 11) is 0. The Morgan fingerprint density at radius 3 is 2.51 bits per heavy atom. The monoisotopic (exact) mass is 551 g/mol. The zero-order chi connectivity index (χ0) is 29.0. The molecule has 9 heteroatoms. The van der Waals surface area contributed by atoms with Crippen LogP contribution in [0.1, 0.15) is 42.4 Å². The van der Waals surface area contributed by atoms with Gasteiger partial charge in [-0.3, -0.25) is 14.5 Å². The van der Waals surface area contributed by atoms with Crippen LogP contribution in [0, 0.1) is 11.3 Å². The maximum absolute atomic E-state index is 13.5. The Morgan fingerprint density at radius 1 is 1.02 bits per heavy atom. The predicted molar refractivity (Wildman–Crippen MR) is 157 cm³/mol. The van der Waals surface area contributed by atoms with Crippen molar-refractivity contribution in [3.05, 3.63) is 83.6 Å². The van der Waals surface area contributed by atoms with Crippen LogP contribution in [0.25, 0.3) is 16.5 Å². The number of hydrogen-bond acceptors (Lipinski definition) is 7. The third-order valence-corrected chi connectivity index (χ3v) is 7.04. The van der Waals surface area contributed by atoms with E-state index in [-0.39, 0.29) is 11.0 Å². The molecule has 1 aliphatic rings. The molecule has 0 unspecified atom stereocenters. The number of anilines is 1. The van der Waals surface area contributed by atoms with Crippen molar-refractivity contribution in [2.75, 3.05) is 44.8 Å². The standard InChI is InChI=1S/C32H33N5O4/c1-32(2,3)28-20-29(37(35-28)23-8-6-7-22(19-23)21-33)34-31(39)30(38)26-11-12-27(25-10-5-4-9-24(25)26)41-18-15-36-13-16-40-17-14-36/h4-12,19-20H,13-18H2,1-3H3,(H,34,39). The van der Waals surface area contributed by atoms with Gasteiger partial charge >= 0.3 is 0 Å². The summed E-state index contributed by atoms with van der Waals surface area (Å²) in [6.07, 6.45) is 0. The highest BCUT2D eigenvalue weighted by atomic mass is 16.5. The van der Waals surface area contributed by atoms with Crippen molar-refractivity contribution in [1.29, 1.82) is 5.26 Å². The molecule has 1 saturated heterocycles. The SMILES string of the molecule is CC(C)(C)c1cc(NC(=O)C(=O)c2ccc(OCCN3CCOCC3)c3ccccc23)n(-c2cccc(C#N)c2)n1. The second-order valence-electron chi connectivity index (χ2n) is 11.0. The van der Waals surface area contributed by atoms with Gasteiger partial charge in [-0.25, -0.2) is 4.68 Å². The van der Waals surface area contributed by atoms with Crippen molar-refractivity contribution in [2.24, 2.45) is 0 Å². The number of nitriles is 1. The first-order valence-electron chi connectivity index (χ1n) is 13.7. The summed E-state index contributed by atoms with van der Waals surface area (Å²) in [6, 6.07) is 21.6. The van der Waals surface area contributed by atoms with Crippen molar-refractivity contribution in [3.63, 3.8) is 0 Å². The molecule has 0 radical (unpaired) electrons. The van der Waals surface area contributed by atoms with E-state index >= 15 is 0 Å². The van der Waals surface area contributed by atoms with Gasteiger partial charge in [-0.1, -0.05) is 51.1 Å². The molecular weight excluding hydrogens is 518 g/mol. The molecule has 0 spiro atoms. The Bertz CT molecular complexity index is 1620. The van der Waals surface area contributed by atoms with E-state index in [0.717, 1.165) is 43.9 Å². The molecule has 3 aromatic carbocycles. The van der Waals surface area contributed by atoms with Crippen LogP contribution in [0.5, 0.6) is 5.75 Å². The van der Waals surface area contributed by atoms with Crippen LogP contribution in [0.4, 0.5) is 5.82 Å². The summed E-state index contributed by atoms with van der Waals surface area (Å²) in [4.78, 5) is 29.1. The van der Waals surface area contributed by atoms with Crippen molar-refractivity contribution in [2.45, 2.75) is 26.2 Å². The molecule has 2 heterocycles. The zero-order valence-electron chi connectivity index (χ0n) is 23.5. The normalized spacial score (nSPS) is 14.0. The Morgan fingerprint density at radius 2 is 1.78 bits per heavy atom. The molecule has 1 aliphatic heterocycles. The lowest BCUT2D eigenvalue weighted by Gasteiger charge is -2.26. The molecule has 1 amide bonds. The van der Waals surface area contributed by atoms with Crippen LogP contribution in [0.2, 0.25) is 0 Å². The highest BCUT2D eigenvalue weighted by Crippen LogP contribution is 2.30. The summed E-state index contributed by atoms with van der Waals surface area (Å²) >= 11 is 0. The van der Waals surface area contributed by atoms with Gasteiger partial charge in [-0.2, -0.15) is 10.4 Å². The summed E-state index contributed by atoms with van der Waals surface area (Å²) in [6.45, 7) is 10.5. The van der Waals surface area contributed by atoms with E-state index in [1.54, 1.807) is 47.1 Å². The van der Waals surface area contributed by atoms with Crippen molar-refractivity contribution < 1.29 is 19.1 Å². The molecule has 4 aromatic rings. The van der Waals surface area contributed by atoms with E-state index in [1.165, 1.54) is 0 Å². The Hall–Kier alpha value is -4.52. The first-order chi connectivity index (χ1) is 19.7. The number of morpholine rings is 1. The van der Waals surface area contributed by atoms with E-state index in [4.69, 9.17) is 14.6 Å². The first kappa shape index (κ1) is 28.0. The number of fused-ring (bicyclic) bond motifs is 1. The molecule has 0 aliphatic carbocycles. The van der Waals surface area contributed by atoms with E-state index in [0.29, 0.717) is 34.8 Å². The minimum Gasteiger partial charge on any atom is -0.492 e. The number of ether oxygens (including phenoxy) is 2. The van der Waals surface area contributed by atoms with Gasteiger partial charge in [0.2, 0.25) is 0 Å². The molecule has 1 fully saturated rings. The maximum Gasteiger partial charge on any atom is 0.297 e. The molecule has 0 atom stereocenters. The molecule has 41 heavy (non-hydrogen) atoms. The average molecular weight is 552 g/mol. The fourth-order valence-electron chi connectivity index (χ4n) is 4.74.